The van der Waals surface area contributed by atoms with E-state index in [1.54, 1.807) is 6.20 Å². The van der Waals surface area contributed by atoms with Gasteiger partial charge in [0.1, 0.15) is 0 Å². The Bertz CT molecular complexity index is 370. The van der Waals surface area contributed by atoms with E-state index in [9.17, 15) is 0 Å². The number of halogens is 1. The molecule has 0 saturated carbocycles. The van der Waals surface area contributed by atoms with E-state index >= 15 is 0 Å². The first-order valence-corrected chi connectivity index (χ1v) is 7.63. The molecule has 1 aliphatic heterocycles. The highest BCUT2D eigenvalue weighted by molar-refractivity contribution is 9.10. The lowest BCUT2D eigenvalue weighted by atomic mass is 10.2. The Labute approximate surface area is 123 Å². The van der Waals surface area contributed by atoms with Gasteiger partial charge in [-0.15, -0.1) is 0 Å². The van der Waals surface area contributed by atoms with E-state index in [1.165, 1.54) is 12.0 Å². The first-order valence-electron chi connectivity index (χ1n) is 6.84. The van der Waals surface area contributed by atoms with Crippen molar-refractivity contribution in [1.82, 2.24) is 10.3 Å². The molecule has 0 radical (unpaired) electrons. The van der Waals surface area contributed by atoms with E-state index in [0.29, 0.717) is 6.10 Å². The van der Waals surface area contributed by atoms with Crippen molar-refractivity contribution in [3.63, 3.8) is 0 Å². The van der Waals surface area contributed by atoms with Crippen molar-refractivity contribution >= 4 is 15.9 Å². The summed E-state index contributed by atoms with van der Waals surface area (Å²) in [7, 11) is 0. The Morgan fingerprint density at radius 1 is 1.47 bits per heavy atom. The molecule has 2 heterocycles. The second-order valence-corrected chi connectivity index (χ2v) is 5.67. The monoisotopic (exact) mass is 328 g/mol. The fourth-order valence-corrected chi connectivity index (χ4v) is 2.49. The number of rotatable bonds is 8. The number of pyridine rings is 1. The molecule has 0 aliphatic carbocycles. The predicted molar refractivity (Wildman–Crippen MR) is 78.1 cm³/mol. The van der Waals surface area contributed by atoms with Crippen LogP contribution in [0.25, 0.3) is 0 Å². The molecule has 1 atom stereocenters. The maximum atomic E-state index is 5.60. The molecule has 0 bridgehead atoms. The molecule has 0 spiro atoms. The molecular weight excluding hydrogens is 308 g/mol. The van der Waals surface area contributed by atoms with Crippen molar-refractivity contribution in [3.8, 4) is 0 Å². The summed E-state index contributed by atoms with van der Waals surface area (Å²) >= 11 is 3.42. The molecule has 1 aromatic rings. The molecule has 1 aromatic heterocycles. The van der Waals surface area contributed by atoms with Crippen molar-refractivity contribution in [3.05, 3.63) is 28.5 Å². The summed E-state index contributed by atoms with van der Waals surface area (Å²) in [6.07, 6.45) is 7.35. The molecule has 1 unspecified atom stereocenters. The van der Waals surface area contributed by atoms with Crippen LogP contribution in [0.1, 0.15) is 24.8 Å². The van der Waals surface area contributed by atoms with E-state index in [4.69, 9.17) is 9.47 Å². The zero-order valence-electron chi connectivity index (χ0n) is 11.1. The average Bonchev–Trinajstić information content (AvgIpc) is 2.91. The Hall–Kier alpha value is -0.490. The molecule has 4 nitrogen and oxygen atoms in total. The fraction of sp³-hybridized carbons (Fsp3) is 0.643. The number of nitrogens with zero attached hydrogens (tertiary/aromatic N) is 1. The molecule has 0 aromatic carbocycles. The van der Waals surface area contributed by atoms with Crippen molar-refractivity contribution in [2.75, 3.05) is 26.4 Å². The lowest BCUT2D eigenvalue weighted by Crippen LogP contribution is -2.19. The predicted octanol–water partition coefficient (Wildman–Crippen LogP) is 2.52. The number of nitrogens with one attached hydrogen (secondary N) is 1. The third-order valence-electron chi connectivity index (χ3n) is 3.06. The molecule has 1 N–H and O–H groups in total. The van der Waals surface area contributed by atoms with Gasteiger partial charge in [0.2, 0.25) is 0 Å². The highest BCUT2D eigenvalue weighted by atomic mass is 79.9. The van der Waals surface area contributed by atoms with Crippen LogP contribution >= 0.6 is 15.9 Å². The normalized spacial score (nSPS) is 18.9. The first-order chi connectivity index (χ1) is 9.34. The van der Waals surface area contributed by atoms with E-state index in [1.807, 2.05) is 6.20 Å². The van der Waals surface area contributed by atoms with Gasteiger partial charge in [0.15, 0.2) is 0 Å². The minimum Gasteiger partial charge on any atom is -0.379 e. The van der Waals surface area contributed by atoms with E-state index in [2.05, 4.69) is 32.3 Å². The molecule has 5 heteroatoms. The molecule has 106 valence electrons. The number of hydrogen-bond acceptors (Lipinski definition) is 4. The van der Waals surface area contributed by atoms with Crippen LogP contribution in [0.3, 0.4) is 0 Å². The zero-order valence-corrected chi connectivity index (χ0v) is 12.7. The Morgan fingerprint density at radius 3 is 3.21 bits per heavy atom. The van der Waals surface area contributed by atoms with Gasteiger partial charge in [-0.3, -0.25) is 4.98 Å². The Kier molecular flexibility index (Phi) is 6.78. The Morgan fingerprint density at radius 2 is 2.42 bits per heavy atom. The average molecular weight is 329 g/mol. The van der Waals surface area contributed by atoms with Gasteiger partial charge in [-0.25, -0.2) is 0 Å². The minimum atomic E-state index is 0.334. The standard InChI is InChI=1S/C14H21BrN2O2/c15-13-7-12(9-17-10-13)8-16-4-2-5-18-11-14-3-1-6-19-14/h7,9-10,14,16H,1-6,8,11H2. The van der Waals surface area contributed by atoms with Gasteiger partial charge in [-0.1, -0.05) is 0 Å². The van der Waals surface area contributed by atoms with E-state index in [-0.39, 0.29) is 0 Å². The van der Waals surface area contributed by atoms with Crippen LogP contribution in [0.5, 0.6) is 0 Å². The molecule has 19 heavy (non-hydrogen) atoms. The Balaban J connectivity index is 1.46. The lowest BCUT2D eigenvalue weighted by molar-refractivity contribution is 0.0166. The highest BCUT2D eigenvalue weighted by Gasteiger charge is 2.14. The summed E-state index contributed by atoms with van der Waals surface area (Å²) < 4.78 is 12.1. The third kappa shape index (κ3) is 5.99. The van der Waals surface area contributed by atoms with Crippen molar-refractivity contribution in [2.45, 2.75) is 31.9 Å². The third-order valence-corrected chi connectivity index (χ3v) is 3.49. The second-order valence-electron chi connectivity index (χ2n) is 4.75. The number of ether oxygens (including phenoxy) is 2. The fourth-order valence-electron chi connectivity index (χ4n) is 2.08. The molecule has 1 saturated heterocycles. The van der Waals surface area contributed by atoms with Gasteiger partial charge in [-0.05, 0) is 53.4 Å². The van der Waals surface area contributed by atoms with Gasteiger partial charge >= 0.3 is 0 Å². The summed E-state index contributed by atoms with van der Waals surface area (Å²) in [6, 6.07) is 2.08. The van der Waals surface area contributed by atoms with Gasteiger partial charge in [0, 0.05) is 36.6 Å². The second kappa shape index (κ2) is 8.64. The number of hydrogen-bond donors (Lipinski definition) is 1. The lowest BCUT2D eigenvalue weighted by Gasteiger charge is -2.10. The van der Waals surface area contributed by atoms with Crippen LogP contribution in [0.15, 0.2) is 22.9 Å². The van der Waals surface area contributed by atoms with Crippen LogP contribution < -0.4 is 5.32 Å². The maximum Gasteiger partial charge on any atom is 0.0809 e. The summed E-state index contributed by atoms with van der Waals surface area (Å²) in [5, 5.41) is 3.39. The van der Waals surface area contributed by atoms with Crippen LogP contribution in [-0.2, 0) is 16.0 Å². The van der Waals surface area contributed by atoms with Crippen LogP contribution in [0.4, 0.5) is 0 Å². The molecular formula is C14H21BrN2O2. The summed E-state index contributed by atoms with van der Waals surface area (Å²) in [5.74, 6) is 0. The topological polar surface area (TPSA) is 43.4 Å². The summed E-state index contributed by atoms with van der Waals surface area (Å²) in [6.45, 7) is 4.24. The zero-order chi connectivity index (χ0) is 13.3. The van der Waals surface area contributed by atoms with Crippen LogP contribution in [0, 0.1) is 0 Å². The maximum absolute atomic E-state index is 5.60. The van der Waals surface area contributed by atoms with E-state index in [0.717, 1.165) is 50.2 Å². The van der Waals surface area contributed by atoms with Crippen molar-refractivity contribution in [1.29, 1.82) is 0 Å². The molecule has 1 aliphatic rings. The summed E-state index contributed by atoms with van der Waals surface area (Å²) in [4.78, 5) is 4.13. The molecule has 1 fully saturated rings. The van der Waals surface area contributed by atoms with Crippen molar-refractivity contribution in [2.24, 2.45) is 0 Å². The van der Waals surface area contributed by atoms with Gasteiger partial charge < -0.3 is 14.8 Å². The smallest absolute Gasteiger partial charge is 0.0809 e. The van der Waals surface area contributed by atoms with Crippen LogP contribution in [-0.4, -0.2) is 37.5 Å². The van der Waals surface area contributed by atoms with E-state index < -0.39 is 0 Å². The van der Waals surface area contributed by atoms with Crippen LogP contribution in [0.2, 0.25) is 0 Å². The first kappa shape index (κ1) is 14.9. The SMILES string of the molecule is Brc1cncc(CNCCCOCC2CCCO2)c1. The van der Waals surface area contributed by atoms with Gasteiger partial charge in [-0.2, -0.15) is 0 Å². The molecule has 0 amide bonds. The van der Waals surface area contributed by atoms with Gasteiger partial charge in [0.05, 0.1) is 12.7 Å². The van der Waals surface area contributed by atoms with Gasteiger partial charge in [0.25, 0.3) is 0 Å². The molecule has 2 rings (SSSR count). The van der Waals surface area contributed by atoms with Crippen molar-refractivity contribution < 1.29 is 9.47 Å². The minimum absolute atomic E-state index is 0.334. The summed E-state index contributed by atoms with van der Waals surface area (Å²) in [5.41, 5.74) is 1.19. The number of aromatic nitrogens is 1. The highest BCUT2D eigenvalue weighted by Crippen LogP contribution is 2.12. The quantitative estimate of drug-likeness (QED) is 0.745. The largest absolute Gasteiger partial charge is 0.379 e.